The van der Waals surface area contributed by atoms with Gasteiger partial charge in [-0.3, -0.25) is 4.79 Å². The van der Waals surface area contributed by atoms with Crippen LogP contribution in [-0.4, -0.2) is 64.9 Å². The van der Waals surface area contributed by atoms with E-state index in [1.807, 2.05) is 30.1 Å². The van der Waals surface area contributed by atoms with Crippen LogP contribution in [0.5, 0.6) is 5.75 Å². The zero-order chi connectivity index (χ0) is 24.5. The molecule has 1 aliphatic heterocycles. The molecule has 5 rings (SSSR count). The third-order valence-electron chi connectivity index (χ3n) is 6.92. The number of fused-ring (bicyclic) bond motifs is 2. The number of aromatic nitrogens is 3. The van der Waals surface area contributed by atoms with E-state index < -0.39 is 0 Å². The van der Waals surface area contributed by atoms with Crippen LogP contribution in [0.25, 0.3) is 33.5 Å². The summed E-state index contributed by atoms with van der Waals surface area (Å²) in [5.41, 5.74) is 10.5. The van der Waals surface area contributed by atoms with Crippen molar-refractivity contribution in [2.75, 3.05) is 33.9 Å². The van der Waals surface area contributed by atoms with E-state index in [1.54, 1.807) is 14.2 Å². The standard InChI is InChI=1S/C27H33N5O3/c1-30-25-21(14-19(16-24(25)35-3)27(33)31-11-6-9-20(28)17-31)29-26(30)23-15-18-8-4-5-10-22(18)32(23)12-7-13-34-2/h4-5,8,10,14-16,20H,6-7,9,11-13,17,28H2,1-3H3. The summed E-state index contributed by atoms with van der Waals surface area (Å²) < 4.78 is 15.4. The third-order valence-corrected chi connectivity index (χ3v) is 6.92. The molecule has 8 nitrogen and oxygen atoms in total. The Morgan fingerprint density at radius 3 is 2.80 bits per heavy atom. The lowest BCUT2D eigenvalue weighted by atomic mass is 10.0. The van der Waals surface area contributed by atoms with Crippen molar-refractivity contribution in [2.24, 2.45) is 12.8 Å². The number of amides is 1. The van der Waals surface area contributed by atoms with Crippen LogP contribution in [0.4, 0.5) is 0 Å². The number of nitrogens with zero attached hydrogens (tertiary/aromatic N) is 4. The Kier molecular flexibility index (Phi) is 6.49. The first kappa shape index (κ1) is 23.4. The summed E-state index contributed by atoms with van der Waals surface area (Å²) in [6.45, 7) is 2.81. The Morgan fingerprint density at radius 2 is 2.03 bits per heavy atom. The molecular formula is C27H33N5O3. The van der Waals surface area contributed by atoms with Crippen LogP contribution in [0.2, 0.25) is 0 Å². The number of nitrogens with two attached hydrogens (primary N) is 1. The Hall–Kier alpha value is -3.36. The number of hydrogen-bond acceptors (Lipinski definition) is 5. The number of likely N-dealkylation sites (tertiary alicyclic amines) is 1. The molecule has 1 amide bonds. The molecule has 1 saturated heterocycles. The van der Waals surface area contributed by atoms with E-state index in [1.165, 1.54) is 0 Å². The number of aryl methyl sites for hydroxylation is 2. The molecule has 1 atom stereocenters. The predicted octanol–water partition coefficient (Wildman–Crippen LogP) is 3.80. The van der Waals surface area contributed by atoms with Crippen LogP contribution in [-0.2, 0) is 18.3 Å². The zero-order valence-electron chi connectivity index (χ0n) is 20.7. The van der Waals surface area contributed by atoms with E-state index in [2.05, 4.69) is 33.4 Å². The summed E-state index contributed by atoms with van der Waals surface area (Å²) in [7, 11) is 5.35. The molecule has 0 aliphatic carbocycles. The maximum atomic E-state index is 13.3. The van der Waals surface area contributed by atoms with Crippen molar-refractivity contribution in [2.45, 2.75) is 31.8 Å². The summed E-state index contributed by atoms with van der Waals surface area (Å²) in [5, 5.41) is 1.16. The molecule has 184 valence electrons. The van der Waals surface area contributed by atoms with Crippen molar-refractivity contribution in [3.05, 3.63) is 48.0 Å². The van der Waals surface area contributed by atoms with Gasteiger partial charge < -0.3 is 29.2 Å². The summed E-state index contributed by atoms with van der Waals surface area (Å²) in [5.74, 6) is 1.44. The first-order valence-electron chi connectivity index (χ1n) is 12.2. The maximum absolute atomic E-state index is 13.3. The minimum Gasteiger partial charge on any atom is -0.494 e. The number of ether oxygens (including phenoxy) is 2. The van der Waals surface area contributed by atoms with Gasteiger partial charge in [-0.15, -0.1) is 0 Å². The van der Waals surface area contributed by atoms with Gasteiger partial charge in [0.15, 0.2) is 5.82 Å². The van der Waals surface area contributed by atoms with Crippen molar-refractivity contribution in [1.82, 2.24) is 19.0 Å². The highest BCUT2D eigenvalue weighted by Crippen LogP contribution is 2.34. The molecule has 0 spiro atoms. The van der Waals surface area contributed by atoms with Crippen molar-refractivity contribution >= 4 is 27.8 Å². The molecule has 0 radical (unpaired) electrons. The fourth-order valence-corrected chi connectivity index (χ4v) is 5.20. The van der Waals surface area contributed by atoms with Gasteiger partial charge in [0.25, 0.3) is 5.91 Å². The van der Waals surface area contributed by atoms with E-state index in [0.29, 0.717) is 24.5 Å². The normalized spacial score (nSPS) is 16.3. The molecular weight excluding hydrogens is 442 g/mol. The second-order valence-electron chi connectivity index (χ2n) is 9.28. The topological polar surface area (TPSA) is 87.5 Å². The number of hydrogen-bond donors (Lipinski definition) is 1. The second-order valence-corrected chi connectivity index (χ2v) is 9.28. The zero-order valence-corrected chi connectivity index (χ0v) is 20.7. The maximum Gasteiger partial charge on any atom is 0.254 e. The van der Waals surface area contributed by atoms with Crippen LogP contribution >= 0.6 is 0 Å². The highest BCUT2D eigenvalue weighted by molar-refractivity contribution is 6.00. The molecule has 1 unspecified atom stereocenters. The fraction of sp³-hybridized carbons (Fsp3) is 0.407. The minimum atomic E-state index is -0.0266. The molecule has 1 fully saturated rings. The van der Waals surface area contributed by atoms with Crippen LogP contribution in [0.3, 0.4) is 0 Å². The van der Waals surface area contributed by atoms with Crippen molar-refractivity contribution in [1.29, 1.82) is 0 Å². The van der Waals surface area contributed by atoms with E-state index >= 15 is 0 Å². The molecule has 3 heterocycles. The van der Waals surface area contributed by atoms with Crippen LogP contribution in [0, 0.1) is 0 Å². The summed E-state index contributed by atoms with van der Waals surface area (Å²) >= 11 is 0. The fourth-order valence-electron chi connectivity index (χ4n) is 5.20. The quantitative estimate of drug-likeness (QED) is 0.411. The lowest BCUT2D eigenvalue weighted by Gasteiger charge is -2.30. The van der Waals surface area contributed by atoms with Crippen molar-refractivity contribution < 1.29 is 14.3 Å². The van der Waals surface area contributed by atoms with Crippen LogP contribution < -0.4 is 10.5 Å². The summed E-state index contributed by atoms with van der Waals surface area (Å²) in [4.78, 5) is 20.2. The molecule has 2 N–H and O–H groups in total. The number of para-hydroxylation sites is 1. The third kappa shape index (κ3) is 4.28. The molecule has 35 heavy (non-hydrogen) atoms. The van der Waals surface area contributed by atoms with Gasteiger partial charge in [0.2, 0.25) is 0 Å². The molecule has 4 aromatic rings. The van der Waals surface area contributed by atoms with E-state index in [-0.39, 0.29) is 11.9 Å². The van der Waals surface area contributed by atoms with Gasteiger partial charge in [0, 0.05) is 62.9 Å². The first-order valence-corrected chi connectivity index (χ1v) is 12.2. The van der Waals surface area contributed by atoms with Gasteiger partial charge in [-0.2, -0.15) is 0 Å². The van der Waals surface area contributed by atoms with Crippen LogP contribution in [0.15, 0.2) is 42.5 Å². The largest absolute Gasteiger partial charge is 0.494 e. The number of carbonyl (C=O) groups is 1. The number of rotatable bonds is 7. The number of carbonyl (C=O) groups excluding carboxylic acids is 1. The Labute approximate surface area is 205 Å². The molecule has 2 aromatic heterocycles. The van der Waals surface area contributed by atoms with Crippen LogP contribution in [0.1, 0.15) is 29.6 Å². The number of benzene rings is 2. The first-order chi connectivity index (χ1) is 17.0. The Bertz CT molecular complexity index is 1370. The van der Waals surface area contributed by atoms with Crippen molar-refractivity contribution in [3.8, 4) is 17.3 Å². The van der Waals surface area contributed by atoms with E-state index in [4.69, 9.17) is 20.2 Å². The Balaban J connectivity index is 1.61. The van der Waals surface area contributed by atoms with Gasteiger partial charge in [0.1, 0.15) is 11.3 Å². The van der Waals surface area contributed by atoms with Gasteiger partial charge >= 0.3 is 0 Å². The SMILES string of the molecule is COCCCn1c(-c2nc3cc(C(=O)N4CCCC(N)C4)cc(OC)c3n2C)cc2ccccc21. The van der Waals surface area contributed by atoms with Gasteiger partial charge in [0.05, 0.1) is 18.3 Å². The molecule has 2 aromatic carbocycles. The predicted molar refractivity (Wildman–Crippen MR) is 138 cm³/mol. The highest BCUT2D eigenvalue weighted by atomic mass is 16.5. The lowest BCUT2D eigenvalue weighted by molar-refractivity contribution is 0.0708. The van der Waals surface area contributed by atoms with Gasteiger partial charge in [-0.1, -0.05) is 18.2 Å². The number of methoxy groups -OCH3 is 2. The molecule has 8 heteroatoms. The minimum absolute atomic E-state index is 0.0266. The average Bonchev–Trinajstić information content (AvgIpc) is 3.40. The molecule has 1 aliphatic rings. The summed E-state index contributed by atoms with van der Waals surface area (Å²) in [6, 6.07) is 14.3. The van der Waals surface area contributed by atoms with E-state index in [0.717, 1.165) is 65.8 Å². The summed E-state index contributed by atoms with van der Waals surface area (Å²) in [6.07, 6.45) is 2.77. The second kappa shape index (κ2) is 9.71. The van der Waals surface area contributed by atoms with Gasteiger partial charge in [-0.05, 0) is 43.5 Å². The number of imidazole rings is 1. The molecule has 0 bridgehead atoms. The smallest absolute Gasteiger partial charge is 0.254 e. The number of piperidine rings is 1. The Morgan fingerprint density at radius 1 is 1.20 bits per heavy atom. The lowest BCUT2D eigenvalue weighted by Crippen LogP contribution is -2.45. The molecule has 0 saturated carbocycles. The monoisotopic (exact) mass is 475 g/mol. The average molecular weight is 476 g/mol. The van der Waals surface area contributed by atoms with E-state index in [9.17, 15) is 4.79 Å². The van der Waals surface area contributed by atoms with Gasteiger partial charge in [-0.25, -0.2) is 4.98 Å². The highest BCUT2D eigenvalue weighted by Gasteiger charge is 2.25. The van der Waals surface area contributed by atoms with Crippen molar-refractivity contribution in [3.63, 3.8) is 0 Å².